The summed E-state index contributed by atoms with van der Waals surface area (Å²) in [7, 11) is 0. The van der Waals surface area contributed by atoms with Crippen LogP contribution in [0.1, 0.15) is 6.42 Å². The minimum atomic E-state index is 0.189. The highest BCUT2D eigenvalue weighted by Gasteiger charge is 2.16. The highest BCUT2D eigenvalue weighted by molar-refractivity contribution is 7.11. The van der Waals surface area contributed by atoms with Crippen LogP contribution in [0.25, 0.3) is 10.9 Å². The van der Waals surface area contributed by atoms with Gasteiger partial charge in [-0.25, -0.2) is 0 Å². The van der Waals surface area contributed by atoms with Crippen LogP contribution in [-0.2, 0) is 9.53 Å². The van der Waals surface area contributed by atoms with E-state index >= 15 is 0 Å². The second-order valence-corrected chi connectivity index (χ2v) is 5.47. The number of benzene rings is 1. The molecular formula is C14H17N3O2S. The SMILES string of the molecule is O=C(CCNc1snc2ccccc12)N1CCOCC1. The second kappa shape index (κ2) is 6.19. The molecule has 2 aromatic rings. The molecule has 5 nitrogen and oxygen atoms in total. The third-order valence-corrected chi connectivity index (χ3v) is 4.21. The zero-order valence-electron chi connectivity index (χ0n) is 11.2. The van der Waals surface area contributed by atoms with E-state index in [2.05, 4.69) is 9.69 Å². The molecule has 106 valence electrons. The Morgan fingerprint density at radius 2 is 2.15 bits per heavy atom. The molecule has 0 radical (unpaired) electrons. The van der Waals surface area contributed by atoms with Crippen molar-refractivity contribution in [2.45, 2.75) is 6.42 Å². The van der Waals surface area contributed by atoms with Crippen LogP contribution < -0.4 is 5.32 Å². The van der Waals surface area contributed by atoms with Gasteiger partial charge in [0.05, 0.1) is 18.7 Å². The van der Waals surface area contributed by atoms with Crippen LogP contribution in [0.5, 0.6) is 0 Å². The number of fused-ring (bicyclic) bond motifs is 1. The zero-order valence-corrected chi connectivity index (χ0v) is 12.0. The highest BCUT2D eigenvalue weighted by atomic mass is 32.1. The average Bonchev–Trinajstić information content (AvgIpc) is 2.92. The Morgan fingerprint density at radius 1 is 1.35 bits per heavy atom. The largest absolute Gasteiger partial charge is 0.378 e. The van der Waals surface area contributed by atoms with Gasteiger partial charge in [-0.1, -0.05) is 12.1 Å². The molecule has 0 unspecified atom stereocenters. The van der Waals surface area contributed by atoms with Crippen LogP contribution in [0.15, 0.2) is 24.3 Å². The normalized spacial score (nSPS) is 15.5. The molecular weight excluding hydrogens is 274 g/mol. The summed E-state index contributed by atoms with van der Waals surface area (Å²) in [5.41, 5.74) is 1.000. The Hall–Kier alpha value is -1.66. The number of nitrogens with zero attached hydrogens (tertiary/aromatic N) is 2. The summed E-state index contributed by atoms with van der Waals surface area (Å²) in [6.45, 7) is 3.37. The fourth-order valence-electron chi connectivity index (χ4n) is 2.27. The van der Waals surface area contributed by atoms with E-state index in [1.54, 1.807) is 0 Å². The smallest absolute Gasteiger partial charge is 0.224 e. The maximum atomic E-state index is 12.0. The van der Waals surface area contributed by atoms with Gasteiger partial charge < -0.3 is 15.0 Å². The molecule has 1 aliphatic rings. The summed E-state index contributed by atoms with van der Waals surface area (Å²) >= 11 is 1.44. The van der Waals surface area contributed by atoms with Crippen molar-refractivity contribution >= 4 is 33.3 Å². The summed E-state index contributed by atoms with van der Waals surface area (Å²) in [5.74, 6) is 0.189. The zero-order chi connectivity index (χ0) is 13.8. The Morgan fingerprint density at radius 3 is 3.00 bits per heavy atom. The first-order chi connectivity index (χ1) is 9.84. The van der Waals surface area contributed by atoms with Crippen molar-refractivity contribution in [3.8, 4) is 0 Å². The van der Waals surface area contributed by atoms with Gasteiger partial charge in [0.25, 0.3) is 0 Å². The molecule has 0 bridgehead atoms. The number of hydrogen-bond donors (Lipinski definition) is 1. The number of amides is 1. The molecule has 0 saturated carbocycles. The first-order valence-electron chi connectivity index (χ1n) is 6.78. The molecule has 1 aromatic heterocycles. The Balaban J connectivity index is 1.53. The lowest BCUT2D eigenvalue weighted by atomic mass is 10.2. The van der Waals surface area contributed by atoms with E-state index in [1.807, 2.05) is 29.2 Å². The number of nitrogens with one attached hydrogen (secondary N) is 1. The molecule has 1 saturated heterocycles. The number of morpholine rings is 1. The summed E-state index contributed by atoms with van der Waals surface area (Å²) in [6, 6.07) is 8.02. The molecule has 1 aliphatic heterocycles. The maximum absolute atomic E-state index is 12.0. The first-order valence-corrected chi connectivity index (χ1v) is 7.56. The quantitative estimate of drug-likeness (QED) is 0.935. The monoisotopic (exact) mass is 291 g/mol. The van der Waals surface area contributed by atoms with Crippen molar-refractivity contribution in [1.29, 1.82) is 0 Å². The van der Waals surface area contributed by atoms with E-state index < -0.39 is 0 Å². The topological polar surface area (TPSA) is 54.5 Å². The number of carbonyl (C=O) groups is 1. The van der Waals surface area contributed by atoms with Crippen LogP contribution >= 0.6 is 11.5 Å². The van der Waals surface area contributed by atoms with Crippen LogP contribution in [0.4, 0.5) is 5.00 Å². The number of aromatic nitrogens is 1. The van der Waals surface area contributed by atoms with E-state index in [0.717, 1.165) is 15.9 Å². The van der Waals surface area contributed by atoms with Gasteiger partial charge in [-0.3, -0.25) is 4.79 Å². The third kappa shape index (κ3) is 2.91. The standard InChI is InChI=1S/C14H17N3O2S/c18-13(17-7-9-19-10-8-17)5-6-15-14-11-3-1-2-4-12(11)16-20-14/h1-4,15H,5-10H2. The summed E-state index contributed by atoms with van der Waals surface area (Å²) in [6.07, 6.45) is 0.506. The molecule has 3 rings (SSSR count). The number of carbonyl (C=O) groups excluding carboxylic acids is 1. The molecule has 0 spiro atoms. The van der Waals surface area contributed by atoms with E-state index in [-0.39, 0.29) is 5.91 Å². The van der Waals surface area contributed by atoms with Gasteiger partial charge in [-0.2, -0.15) is 4.37 Å². The molecule has 0 atom stereocenters. The molecule has 0 aliphatic carbocycles. The van der Waals surface area contributed by atoms with Crippen molar-refractivity contribution in [2.75, 3.05) is 38.2 Å². The fourth-order valence-corrected chi connectivity index (χ4v) is 3.06. The summed E-state index contributed by atoms with van der Waals surface area (Å²) in [4.78, 5) is 13.9. The Kier molecular flexibility index (Phi) is 4.13. The summed E-state index contributed by atoms with van der Waals surface area (Å²) in [5, 5.41) is 5.47. The number of hydrogen-bond acceptors (Lipinski definition) is 5. The van der Waals surface area contributed by atoms with Crippen LogP contribution in [0.3, 0.4) is 0 Å². The van der Waals surface area contributed by atoms with Gasteiger partial charge in [0.15, 0.2) is 0 Å². The minimum absolute atomic E-state index is 0.189. The van der Waals surface area contributed by atoms with Crippen molar-refractivity contribution in [1.82, 2.24) is 9.27 Å². The van der Waals surface area contributed by atoms with Gasteiger partial charge >= 0.3 is 0 Å². The Labute approximate surface area is 121 Å². The first kappa shape index (κ1) is 13.3. The highest BCUT2D eigenvalue weighted by Crippen LogP contribution is 2.27. The van der Waals surface area contributed by atoms with Gasteiger partial charge in [0.2, 0.25) is 5.91 Å². The molecule has 1 amide bonds. The van der Waals surface area contributed by atoms with Gasteiger partial charge in [-0.15, -0.1) is 0 Å². The Bertz CT molecular complexity index is 593. The molecule has 1 aromatic carbocycles. The lowest BCUT2D eigenvalue weighted by molar-refractivity contribution is -0.134. The van der Waals surface area contributed by atoms with Crippen molar-refractivity contribution in [2.24, 2.45) is 0 Å². The van der Waals surface area contributed by atoms with Gasteiger partial charge in [0.1, 0.15) is 5.00 Å². The number of ether oxygens (including phenoxy) is 1. The molecule has 2 heterocycles. The average molecular weight is 291 g/mol. The van der Waals surface area contributed by atoms with Crippen molar-refractivity contribution in [3.05, 3.63) is 24.3 Å². The maximum Gasteiger partial charge on any atom is 0.224 e. The van der Waals surface area contributed by atoms with E-state index in [1.165, 1.54) is 11.5 Å². The lowest BCUT2D eigenvalue weighted by Crippen LogP contribution is -2.41. The van der Waals surface area contributed by atoms with E-state index in [9.17, 15) is 4.79 Å². The second-order valence-electron chi connectivity index (χ2n) is 4.70. The lowest BCUT2D eigenvalue weighted by Gasteiger charge is -2.26. The fraction of sp³-hybridized carbons (Fsp3) is 0.429. The minimum Gasteiger partial charge on any atom is -0.378 e. The predicted molar refractivity (Wildman–Crippen MR) is 80.1 cm³/mol. The van der Waals surface area contributed by atoms with E-state index in [0.29, 0.717) is 39.3 Å². The van der Waals surface area contributed by atoms with E-state index in [4.69, 9.17) is 4.74 Å². The number of rotatable bonds is 4. The molecule has 1 fully saturated rings. The van der Waals surface area contributed by atoms with Crippen molar-refractivity contribution < 1.29 is 9.53 Å². The predicted octanol–water partition coefficient (Wildman–Crippen LogP) is 1.96. The van der Waals surface area contributed by atoms with Crippen molar-refractivity contribution in [3.63, 3.8) is 0 Å². The summed E-state index contributed by atoms with van der Waals surface area (Å²) < 4.78 is 9.62. The van der Waals surface area contributed by atoms with Crippen LogP contribution in [0, 0.1) is 0 Å². The van der Waals surface area contributed by atoms with Crippen LogP contribution in [-0.4, -0.2) is 48.0 Å². The molecule has 1 N–H and O–H groups in total. The van der Waals surface area contributed by atoms with Crippen LogP contribution in [0.2, 0.25) is 0 Å². The van der Waals surface area contributed by atoms with Gasteiger partial charge in [-0.05, 0) is 23.7 Å². The number of anilines is 1. The molecule has 6 heteroatoms. The van der Waals surface area contributed by atoms with Gasteiger partial charge in [0, 0.05) is 31.4 Å². The third-order valence-electron chi connectivity index (χ3n) is 3.37. The molecule has 20 heavy (non-hydrogen) atoms.